The van der Waals surface area contributed by atoms with E-state index < -0.39 is 5.97 Å². The molecule has 24 heavy (non-hydrogen) atoms. The Morgan fingerprint density at radius 1 is 1.25 bits per heavy atom. The molecule has 0 saturated carbocycles. The number of hydrogen-bond acceptors (Lipinski definition) is 5. The van der Waals surface area contributed by atoms with E-state index in [0.717, 1.165) is 0 Å². The van der Waals surface area contributed by atoms with Crippen molar-refractivity contribution in [2.45, 2.75) is 33.0 Å². The maximum absolute atomic E-state index is 12.2. The highest BCUT2D eigenvalue weighted by Gasteiger charge is 2.26. The van der Waals surface area contributed by atoms with E-state index in [1.54, 1.807) is 23.1 Å². The zero-order valence-corrected chi connectivity index (χ0v) is 14.1. The lowest BCUT2D eigenvalue weighted by Gasteiger charge is -2.35. The van der Waals surface area contributed by atoms with Gasteiger partial charge in [0.15, 0.2) is 6.61 Å². The summed E-state index contributed by atoms with van der Waals surface area (Å²) in [6.45, 7) is 5.83. The minimum Gasteiger partial charge on any atom is -0.452 e. The molecular formula is C17H22N2O5. The summed E-state index contributed by atoms with van der Waals surface area (Å²) in [4.78, 5) is 36.9. The topological polar surface area (TPSA) is 84.9 Å². The minimum atomic E-state index is -0.607. The summed E-state index contributed by atoms with van der Waals surface area (Å²) in [7, 11) is 0. The summed E-state index contributed by atoms with van der Waals surface area (Å²) >= 11 is 0. The van der Waals surface area contributed by atoms with E-state index in [2.05, 4.69) is 5.32 Å². The molecule has 2 rings (SSSR count). The zero-order chi connectivity index (χ0) is 17.7. The van der Waals surface area contributed by atoms with Gasteiger partial charge in [-0.05, 0) is 32.0 Å². The average molecular weight is 334 g/mol. The lowest BCUT2D eigenvalue weighted by atomic mass is 10.2. The second-order valence-electron chi connectivity index (χ2n) is 5.89. The maximum Gasteiger partial charge on any atom is 0.338 e. The Bertz CT molecular complexity index is 621. The molecule has 1 aromatic carbocycles. The highest BCUT2D eigenvalue weighted by molar-refractivity contribution is 5.94. The molecule has 0 bridgehead atoms. The second-order valence-corrected chi connectivity index (χ2v) is 5.89. The van der Waals surface area contributed by atoms with Crippen LogP contribution >= 0.6 is 0 Å². The van der Waals surface area contributed by atoms with Crippen LogP contribution < -0.4 is 5.32 Å². The van der Waals surface area contributed by atoms with Crippen molar-refractivity contribution >= 4 is 23.5 Å². The molecule has 1 aliphatic rings. The molecule has 1 heterocycles. The van der Waals surface area contributed by atoms with Gasteiger partial charge in [-0.3, -0.25) is 9.59 Å². The Labute approximate surface area is 140 Å². The first-order chi connectivity index (χ1) is 11.3. The first-order valence-electron chi connectivity index (χ1n) is 7.83. The number of carbonyl (C=O) groups is 3. The molecule has 0 spiro atoms. The molecule has 130 valence electrons. The van der Waals surface area contributed by atoms with E-state index in [4.69, 9.17) is 9.47 Å². The smallest absolute Gasteiger partial charge is 0.338 e. The molecule has 7 heteroatoms. The van der Waals surface area contributed by atoms with E-state index in [1.807, 2.05) is 13.8 Å². The third-order valence-electron chi connectivity index (χ3n) is 3.52. The molecule has 2 atom stereocenters. The Kier molecular flexibility index (Phi) is 5.92. The predicted octanol–water partition coefficient (Wildman–Crippen LogP) is 1.44. The van der Waals surface area contributed by atoms with Crippen LogP contribution in [0.3, 0.4) is 0 Å². The van der Waals surface area contributed by atoms with Crippen LogP contribution in [0.1, 0.15) is 31.1 Å². The number of carbonyl (C=O) groups excluding carboxylic acids is 3. The van der Waals surface area contributed by atoms with Crippen molar-refractivity contribution in [2.75, 3.05) is 25.0 Å². The van der Waals surface area contributed by atoms with Gasteiger partial charge in [0, 0.05) is 25.7 Å². The molecule has 0 unspecified atom stereocenters. The van der Waals surface area contributed by atoms with Crippen molar-refractivity contribution in [3.63, 3.8) is 0 Å². The Hall–Kier alpha value is -2.41. The number of benzene rings is 1. The van der Waals surface area contributed by atoms with E-state index in [9.17, 15) is 14.4 Å². The summed E-state index contributed by atoms with van der Waals surface area (Å²) in [5, 5.41) is 2.59. The van der Waals surface area contributed by atoms with Gasteiger partial charge in [0.1, 0.15) is 0 Å². The first kappa shape index (κ1) is 17.9. The van der Waals surface area contributed by atoms with E-state index in [-0.39, 0.29) is 36.2 Å². The molecule has 2 amide bonds. The number of nitrogens with zero attached hydrogens (tertiary/aromatic N) is 1. The normalized spacial score (nSPS) is 20.4. The van der Waals surface area contributed by atoms with Crippen molar-refractivity contribution in [1.29, 1.82) is 0 Å². The fourth-order valence-corrected chi connectivity index (χ4v) is 2.61. The number of ether oxygens (including phenoxy) is 2. The average Bonchev–Trinajstić information content (AvgIpc) is 2.51. The number of nitrogens with one attached hydrogen (secondary N) is 1. The van der Waals surface area contributed by atoms with Crippen molar-refractivity contribution < 1.29 is 23.9 Å². The third-order valence-corrected chi connectivity index (χ3v) is 3.52. The quantitative estimate of drug-likeness (QED) is 0.842. The number of morpholine rings is 1. The van der Waals surface area contributed by atoms with Gasteiger partial charge in [0.25, 0.3) is 5.91 Å². The van der Waals surface area contributed by atoms with Crippen LogP contribution in [-0.2, 0) is 19.1 Å². The summed E-state index contributed by atoms with van der Waals surface area (Å²) in [6, 6.07) is 6.37. The van der Waals surface area contributed by atoms with Crippen LogP contribution in [0.2, 0.25) is 0 Å². The molecule has 1 fully saturated rings. The van der Waals surface area contributed by atoms with Gasteiger partial charge >= 0.3 is 5.97 Å². The van der Waals surface area contributed by atoms with Crippen LogP contribution in [-0.4, -0.2) is 54.6 Å². The third kappa shape index (κ3) is 5.06. The second kappa shape index (κ2) is 7.92. The molecule has 1 saturated heterocycles. The van der Waals surface area contributed by atoms with E-state index in [0.29, 0.717) is 18.8 Å². The van der Waals surface area contributed by atoms with Gasteiger partial charge in [-0.25, -0.2) is 4.79 Å². The number of amides is 2. The van der Waals surface area contributed by atoms with Gasteiger partial charge in [-0.15, -0.1) is 0 Å². The number of esters is 1. The molecule has 0 aromatic heterocycles. The monoisotopic (exact) mass is 334 g/mol. The lowest BCUT2D eigenvalue weighted by Crippen LogP contribution is -2.49. The molecule has 1 N–H and O–H groups in total. The Morgan fingerprint density at radius 2 is 1.92 bits per heavy atom. The van der Waals surface area contributed by atoms with Gasteiger partial charge in [0.05, 0.1) is 17.8 Å². The summed E-state index contributed by atoms with van der Waals surface area (Å²) < 4.78 is 10.7. The van der Waals surface area contributed by atoms with Crippen molar-refractivity contribution in [3.05, 3.63) is 29.8 Å². The van der Waals surface area contributed by atoms with Gasteiger partial charge in [-0.2, -0.15) is 0 Å². The van der Waals surface area contributed by atoms with Crippen LogP contribution in [0, 0.1) is 0 Å². The maximum atomic E-state index is 12.2. The number of anilines is 1. The number of hydrogen-bond donors (Lipinski definition) is 1. The largest absolute Gasteiger partial charge is 0.452 e. The van der Waals surface area contributed by atoms with Crippen LogP contribution in [0.4, 0.5) is 5.69 Å². The van der Waals surface area contributed by atoms with Crippen molar-refractivity contribution in [1.82, 2.24) is 4.90 Å². The summed E-state index contributed by atoms with van der Waals surface area (Å²) in [5.41, 5.74) is 0.775. The summed E-state index contributed by atoms with van der Waals surface area (Å²) in [6.07, 6.45) is -0.0783. The standard InChI is InChI=1S/C17H22N2O5/c1-11-8-19(9-12(2)24-11)16(21)10-23-17(22)14-5-4-6-15(7-14)18-13(3)20/h4-7,11-12H,8-10H2,1-3H3,(H,18,20)/t11-,12-/m0/s1. The number of rotatable bonds is 4. The predicted molar refractivity (Wildman–Crippen MR) is 87.6 cm³/mol. The fourth-order valence-electron chi connectivity index (χ4n) is 2.61. The van der Waals surface area contributed by atoms with Crippen molar-refractivity contribution in [2.24, 2.45) is 0 Å². The molecular weight excluding hydrogens is 312 g/mol. The van der Waals surface area contributed by atoms with E-state index >= 15 is 0 Å². The van der Waals surface area contributed by atoms with Gasteiger partial charge in [-0.1, -0.05) is 6.07 Å². The fraction of sp³-hybridized carbons (Fsp3) is 0.471. The van der Waals surface area contributed by atoms with Crippen LogP contribution in [0.5, 0.6) is 0 Å². The molecule has 0 radical (unpaired) electrons. The molecule has 7 nitrogen and oxygen atoms in total. The highest BCUT2D eigenvalue weighted by atomic mass is 16.5. The van der Waals surface area contributed by atoms with Crippen molar-refractivity contribution in [3.8, 4) is 0 Å². The van der Waals surface area contributed by atoms with Crippen LogP contribution in [0.15, 0.2) is 24.3 Å². The summed E-state index contributed by atoms with van der Waals surface area (Å²) in [5.74, 6) is -1.08. The van der Waals surface area contributed by atoms with Gasteiger partial charge < -0.3 is 19.7 Å². The zero-order valence-electron chi connectivity index (χ0n) is 14.1. The first-order valence-corrected chi connectivity index (χ1v) is 7.83. The lowest BCUT2D eigenvalue weighted by molar-refractivity contribution is -0.146. The SMILES string of the molecule is CC(=O)Nc1cccc(C(=O)OCC(=O)N2C[C@H](C)O[C@@H](C)C2)c1. The Balaban J connectivity index is 1.90. The Morgan fingerprint density at radius 3 is 2.54 bits per heavy atom. The van der Waals surface area contributed by atoms with Gasteiger partial charge in [0.2, 0.25) is 5.91 Å². The van der Waals surface area contributed by atoms with E-state index in [1.165, 1.54) is 13.0 Å². The molecule has 0 aliphatic carbocycles. The van der Waals surface area contributed by atoms with Crippen LogP contribution in [0.25, 0.3) is 0 Å². The molecule has 1 aromatic rings. The molecule has 1 aliphatic heterocycles. The minimum absolute atomic E-state index is 0.0391. The highest BCUT2D eigenvalue weighted by Crippen LogP contribution is 2.13.